The number of sulfonamides is 1. The van der Waals surface area contributed by atoms with Crippen molar-refractivity contribution in [2.24, 2.45) is 0 Å². The zero-order valence-corrected chi connectivity index (χ0v) is 11.1. The van der Waals surface area contributed by atoms with Crippen molar-refractivity contribution in [3.8, 4) is 5.75 Å². The normalized spacial score (nSPS) is 19.9. The van der Waals surface area contributed by atoms with Crippen molar-refractivity contribution in [2.75, 3.05) is 23.7 Å². The molecule has 0 amide bonds. The molecule has 1 N–H and O–H groups in total. The Kier molecular flexibility index (Phi) is 3.77. The van der Waals surface area contributed by atoms with Gasteiger partial charge in [0.15, 0.2) is 0 Å². The molecule has 1 aromatic carbocycles. The lowest BCUT2D eigenvalue weighted by Gasteiger charge is -2.21. The summed E-state index contributed by atoms with van der Waals surface area (Å²) in [5.41, 5.74) is 0.533. The van der Waals surface area contributed by atoms with Gasteiger partial charge in [0, 0.05) is 13.7 Å². The van der Waals surface area contributed by atoms with Crippen molar-refractivity contribution >= 4 is 15.7 Å². The number of benzene rings is 1. The minimum absolute atomic E-state index is 0.00434. The van der Waals surface area contributed by atoms with E-state index < -0.39 is 10.0 Å². The highest BCUT2D eigenvalue weighted by Gasteiger charge is 2.26. The van der Waals surface area contributed by atoms with Gasteiger partial charge in [-0.25, -0.2) is 8.42 Å². The first-order chi connectivity index (χ1) is 8.49. The molecule has 100 valence electrons. The molecule has 0 bridgehead atoms. The van der Waals surface area contributed by atoms with E-state index >= 15 is 0 Å². The smallest absolute Gasteiger partial charge is 0.237 e. The molecule has 2 rings (SSSR count). The van der Waals surface area contributed by atoms with E-state index in [1.54, 1.807) is 12.1 Å². The second-order valence-corrected chi connectivity index (χ2v) is 6.44. The van der Waals surface area contributed by atoms with Crippen molar-refractivity contribution in [3.05, 3.63) is 24.3 Å². The van der Waals surface area contributed by atoms with E-state index in [2.05, 4.69) is 0 Å². The first kappa shape index (κ1) is 13.2. The Hall–Kier alpha value is -1.27. The predicted octanol–water partition coefficient (Wildman–Crippen LogP) is 1.34. The maximum atomic E-state index is 12.2. The Morgan fingerprint density at radius 2 is 2.06 bits per heavy atom. The zero-order valence-electron chi connectivity index (χ0n) is 10.2. The molecule has 0 spiro atoms. The molecule has 1 atom stereocenters. The fourth-order valence-corrected chi connectivity index (χ4v) is 3.34. The number of aromatic hydroxyl groups is 1. The number of ether oxygens (including phenoxy) is 1. The average Bonchev–Trinajstić information content (AvgIpc) is 2.81. The minimum Gasteiger partial charge on any atom is -0.508 e. The topological polar surface area (TPSA) is 66.8 Å². The molecule has 1 aromatic rings. The van der Waals surface area contributed by atoms with E-state index in [9.17, 15) is 13.5 Å². The summed E-state index contributed by atoms with van der Waals surface area (Å²) in [4.78, 5) is 0. The maximum absolute atomic E-state index is 12.2. The summed E-state index contributed by atoms with van der Waals surface area (Å²) in [6.45, 7) is 0.642. The fraction of sp³-hybridized carbons (Fsp3) is 0.500. The molecule has 1 unspecified atom stereocenters. The number of nitrogens with zero attached hydrogens (tertiary/aromatic N) is 1. The molecular weight excluding hydrogens is 254 g/mol. The van der Waals surface area contributed by atoms with E-state index in [1.165, 1.54) is 23.5 Å². The lowest BCUT2D eigenvalue weighted by Crippen LogP contribution is -2.33. The third kappa shape index (κ3) is 2.94. The highest BCUT2D eigenvalue weighted by molar-refractivity contribution is 7.92. The van der Waals surface area contributed by atoms with Crippen LogP contribution in [0, 0.1) is 0 Å². The number of phenols is 1. The van der Waals surface area contributed by atoms with Gasteiger partial charge in [-0.3, -0.25) is 4.31 Å². The molecule has 18 heavy (non-hydrogen) atoms. The van der Waals surface area contributed by atoms with E-state index in [0.29, 0.717) is 12.3 Å². The third-order valence-electron chi connectivity index (χ3n) is 3.05. The predicted molar refractivity (Wildman–Crippen MR) is 69.3 cm³/mol. The molecule has 1 aliphatic rings. The number of hydrogen-bond donors (Lipinski definition) is 1. The highest BCUT2D eigenvalue weighted by atomic mass is 32.2. The lowest BCUT2D eigenvalue weighted by molar-refractivity contribution is 0.127. The second kappa shape index (κ2) is 5.16. The molecule has 0 aliphatic carbocycles. The van der Waals surface area contributed by atoms with Crippen LogP contribution < -0.4 is 4.31 Å². The fourth-order valence-electron chi connectivity index (χ4n) is 1.95. The van der Waals surface area contributed by atoms with Crippen LogP contribution in [-0.2, 0) is 14.8 Å². The van der Waals surface area contributed by atoms with Gasteiger partial charge >= 0.3 is 0 Å². The Morgan fingerprint density at radius 3 is 2.61 bits per heavy atom. The molecule has 0 radical (unpaired) electrons. The van der Waals surface area contributed by atoms with Gasteiger partial charge in [-0.1, -0.05) is 0 Å². The molecular formula is C12H17NO4S. The van der Waals surface area contributed by atoms with Crippen molar-refractivity contribution in [2.45, 2.75) is 18.9 Å². The number of anilines is 1. The van der Waals surface area contributed by atoms with Crippen molar-refractivity contribution in [3.63, 3.8) is 0 Å². The van der Waals surface area contributed by atoms with Gasteiger partial charge in [0.25, 0.3) is 0 Å². The van der Waals surface area contributed by atoms with Gasteiger partial charge in [0.1, 0.15) is 5.75 Å². The van der Waals surface area contributed by atoms with Crippen molar-refractivity contribution in [1.82, 2.24) is 0 Å². The first-order valence-corrected chi connectivity index (χ1v) is 7.47. The number of hydrogen-bond acceptors (Lipinski definition) is 4. The average molecular weight is 271 g/mol. The zero-order chi connectivity index (χ0) is 13.2. The second-order valence-electron chi connectivity index (χ2n) is 4.40. The number of rotatable bonds is 4. The van der Waals surface area contributed by atoms with Crippen LogP contribution in [0.2, 0.25) is 0 Å². The number of phenolic OH excluding ortho intramolecular Hbond substituents is 1. The monoisotopic (exact) mass is 271 g/mol. The molecule has 5 nitrogen and oxygen atoms in total. The Bertz CT molecular complexity index is 491. The van der Waals surface area contributed by atoms with Crippen LogP contribution in [0.25, 0.3) is 0 Å². The van der Waals surface area contributed by atoms with E-state index in [0.717, 1.165) is 12.8 Å². The van der Waals surface area contributed by atoms with Gasteiger partial charge in [-0.2, -0.15) is 0 Å². The van der Waals surface area contributed by atoms with Crippen LogP contribution in [0.3, 0.4) is 0 Å². The largest absolute Gasteiger partial charge is 0.508 e. The van der Waals surface area contributed by atoms with Gasteiger partial charge in [-0.15, -0.1) is 0 Å². The van der Waals surface area contributed by atoms with Crippen LogP contribution in [0.15, 0.2) is 24.3 Å². The molecule has 1 fully saturated rings. The molecule has 0 saturated carbocycles. The quantitative estimate of drug-likeness (QED) is 0.897. The lowest BCUT2D eigenvalue weighted by atomic mass is 10.3. The standard InChI is InChI=1S/C12H17NO4S/c1-13(10-4-6-11(14)7-5-10)18(15,16)9-12-3-2-8-17-12/h4-7,12,14H,2-3,8-9H2,1H3. The summed E-state index contributed by atoms with van der Waals surface area (Å²) in [7, 11) is -1.87. The Labute approximate surface area is 107 Å². The minimum atomic E-state index is -3.38. The van der Waals surface area contributed by atoms with Crippen LogP contribution in [0.5, 0.6) is 5.75 Å². The van der Waals surface area contributed by atoms with Crippen LogP contribution in [0.4, 0.5) is 5.69 Å². The molecule has 0 aromatic heterocycles. The van der Waals surface area contributed by atoms with E-state index in [4.69, 9.17) is 4.74 Å². The Balaban J connectivity index is 2.11. The van der Waals surface area contributed by atoms with Gasteiger partial charge in [0.05, 0.1) is 17.5 Å². The summed E-state index contributed by atoms with van der Waals surface area (Å²) in [6.07, 6.45) is 1.51. The van der Waals surface area contributed by atoms with Crippen molar-refractivity contribution in [1.29, 1.82) is 0 Å². The molecule has 1 saturated heterocycles. The maximum Gasteiger partial charge on any atom is 0.237 e. The molecule has 6 heteroatoms. The van der Waals surface area contributed by atoms with Gasteiger partial charge in [0.2, 0.25) is 10.0 Å². The van der Waals surface area contributed by atoms with E-state index in [1.807, 2.05) is 0 Å². The van der Waals surface area contributed by atoms with Crippen molar-refractivity contribution < 1.29 is 18.3 Å². The van der Waals surface area contributed by atoms with Crippen LogP contribution in [-0.4, -0.2) is 39.0 Å². The van der Waals surface area contributed by atoms with Gasteiger partial charge < -0.3 is 9.84 Å². The summed E-state index contributed by atoms with van der Waals surface area (Å²) in [5.74, 6) is 0.119. The summed E-state index contributed by atoms with van der Waals surface area (Å²) >= 11 is 0. The summed E-state index contributed by atoms with van der Waals surface area (Å²) in [6, 6.07) is 6.08. The highest BCUT2D eigenvalue weighted by Crippen LogP contribution is 2.22. The summed E-state index contributed by atoms with van der Waals surface area (Å²) < 4.78 is 30.9. The van der Waals surface area contributed by atoms with E-state index in [-0.39, 0.29) is 17.6 Å². The summed E-state index contributed by atoms with van der Waals surface area (Å²) in [5, 5.41) is 9.18. The van der Waals surface area contributed by atoms with Crippen LogP contribution in [0.1, 0.15) is 12.8 Å². The first-order valence-electron chi connectivity index (χ1n) is 5.86. The molecule has 1 heterocycles. The SMILES string of the molecule is CN(c1ccc(O)cc1)S(=O)(=O)CC1CCCO1. The third-order valence-corrected chi connectivity index (χ3v) is 4.89. The van der Waals surface area contributed by atoms with Gasteiger partial charge in [-0.05, 0) is 37.1 Å². The molecule has 1 aliphatic heterocycles. The Morgan fingerprint density at radius 1 is 1.39 bits per heavy atom. The van der Waals surface area contributed by atoms with Crippen LogP contribution >= 0.6 is 0 Å².